The van der Waals surface area contributed by atoms with Crippen molar-refractivity contribution in [3.8, 4) is 78.4 Å². The van der Waals surface area contributed by atoms with Gasteiger partial charge in [-0.25, -0.2) is 9.97 Å². The van der Waals surface area contributed by atoms with Crippen molar-refractivity contribution in [1.29, 1.82) is 0 Å². The number of hydrogen-bond donors (Lipinski definition) is 0. The van der Waals surface area contributed by atoms with E-state index in [9.17, 15) is 0 Å². The normalized spacial score (nSPS) is 15.5. The molecule has 0 amide bonds. The molecule has 0 unspecified atom stereocenters. The summed E-state index contributed by atoms with van der Waals surface area (Å²) in [6.45, 7) is 4.83. The van der Waals surface area contributed by atoms with Crippen molar-refractivity contribution in [3.63, 3.8) is 0 Å². The predicted molar refractivity (Wildman–Crippen MR) is 236 cm³/mol. The Kier molecular flexibility index (Phi) is 7.80. The van der Waals surface area contributed by atoms with Crippen LogP contribution in [0.4, 0.5) is 0 Å². The Labute approximate surface area is 336 Å². The number of fused-ring (bicyclic) bond motifs is 8. The highest BCUT2D eigenvalue weighted by atomic mass is 14.9. The van der Waals surface area contributed by atoms with Crippen LogP contribution in [0, 0.1) is 0 Å². The van der Waals surface area contributed by atoms with E-state index in [1.165, 1.54) is 82.2 Å². The van der Waals surface area contributed by atoms with E-state index >= 15 is 0 Å². The Morgan fingerprint density at radius 3 is 1.60 bits per heavy atom. The van der Waals surface area contributed by atoms with Crippen molar-refractivity contribution in [2.45, 2.75) is 56.8 Å². The molecular weight excluding hydrogens is 689 g/mol. The van der Waals surface area contributed by atoms with Crippen LogP contribution < -0.4 is 0 Å². The fourth-order valence-corrected chi connectivity index (χ4v) is 10.4. The molecule has 274 valence electrons. The van der Waals surface area contributed by atoms with Gasteiger partial charge >= 0.3 is 0 Å². The highest BCUT2D eigenvalue weighted by Gasteiger charge is 2.46. The second-order valence-electron chi connectivity index (χ2n) is 16.9. The molecule has 3 aliphatic carbocycles. The van der Waals surface area contributed by atoms with Crippen LogP contribution in [0.5, 0.6) is 0 Å². The summed E-state index contributed by atoms with van der Waals surface area (Å²) < 4.78 is 0. The second kappa shape index (κ2) is 13.1. The first-order valence-corrected chi connectivity index (χ1v) is 20.6. The number of hydrogen-bond acceptors (Lipinski definition) is 2. The monoisotopic (exact) mass is 732 g/mol. The molecule has 1 saturated carbocycles. The summed E-state index contributed by atoms with van der Waals surface area (Å²) in [5.74, 6) is 0.726. The Hall–Kier alpha value is -6.38. The van der Waals surface area contributed by atoms with Crippen molar-refractivity contribution < 1.29 is 0 Å². The van der Waals surface area contributed by atoms with Gasteiger partial charge in [-0.3, -0.25) is 0 Å². The summed E-state index contributed by atoms with van der Waals surface area (Å²) in [5, 5.41) is 0. The lowest BCUT2D eigenvalue weighted by Gasteiger charge is -2.36. The van der Waals surface area contributed by atoms with Gasteiger partial charge in [-0.1, -0.05) is 167 Å². The van der Waals surface area contributed by atoms with Gasteiger partial charge in [-0.15, -0.1) is 0 Å². The van der Waals surface area contributed by atoms with Crippen LogP contribution in [0.15, 0.2) is 170 Å². The van der Waals surface area contributed by atoms with Gasteiger partial charge in [0.15, 0.2) is 5.82 Å². The molecule has 1 spiro atoms. The van der Waals surface area contributed by atoms with E-state index in [1.54, 1.807) is 11.1 Å². The van der Waals surface area contributed by atoms with Crippen LogP contribution in [-0.4, -0.2) is 9.97 Å². The molecule has 7 aromatic carbocycles. The second-order valence-corrected chi connectivity index (χ2v) is 16.9. The van der Waals surface area contributed by atoms with E-state index in [-0.39, 0.29) is 10.8 Å². The van der Waals surface area contributed by atoms with Crippen LogP contribution in [0.3, 0.4) is 0 Å². The maximum atomic E-state index is 5.11. The summed E-state index contributed by atoms with van der Waals surface area (Å²) >= 11 is 0. The molecule has 1 fully saturated rings. The Balaban J connectivity index is 0.978. The van der Waals surface area contributed by atoms with E-state index in [2.05, 4.69) is 159 Å². The van der Waals surface area contributed by atoms with E-state index in [0.717, 1.165) is 39.5 Å². The third-order valence-electron chi connectivity index (χ3n) is 13.3. The minimum atomic E-state index is -0.0699. The largest absolute Gasteiger partial charge is 0.228 e. The van der Waals surface area contributed by atoms with E-state index in [1.807, 2.05) is 24.3 Å². The Morgan fingerprint density at radius 2 is 0.877 bits per heavy atom. The first-order chi connectivity index (χ1) is 28.0. The molecule has 1 heterocycles. The molecule has 11 rings (SSSR count). The van der Waals surface area contributed by atoms with Gasteiger partial charge in [-0.2, -0.15) is 0 Å². The zero-order valence-electron chi connectivity index (χ0n) is 32.6. The SMILES string of the molecule is CC1(C)c2ccc(-c3cccc(-c4cccc(-c5cc(-c6ccccc6)nc(-c6ccccc6)n5)c4)c3)cc2-c2cc3c(cc21)-c1ccccc1C31CCCCC1. The summed E-state index contributed by atoms with van der Waals surface area (Å²) in [6.07, 6.45) is 6.45. The molecule has 0 bridgehead atoms. The molecule has 8 aromatic rings. The summed E-state index contributed by atoms with van der Waals surface area (Å²) in [5.41, 5.74) is 21.6. The molecule has 2 heteroatoms. The molecule has 57 heavy (non-hydrogen) atoms. The molecule has 0 atom stereocenters. The topological polar surface area (TPSA) is 25.8 Å². The number of rotatable bonds is 5. The van der Waals surface area contributed by atoms with E-state index < -0.39 is 0 Å². The number of aromatic nitrogens is 2. The molecule has 3 aliphatic rings. The van der Waals surface area contributed by atoms with Gasteiger partial charge in [0.2, 0.25) is 0 Å². The molecule has 2 nitrogen and oxygen atoms in total. The molecular formula is C55H44N2. The van der Waals surface area contributed by atoms with Crippen molar-refractivity contribution in [3.05, 3.63) is 192 Å². The first kappa shape index (κ1) is 33.9. The number of nitrogens with zero attached hydrogens (tertiary/aromatic N) is 2. The average molecular weight is 733 g/mol. The standard InChI is InChI=1S/C55H44N2/c1-54(2)47-27-26-41(32-44(47)46-34-50-45(33-49(46)54)43-24-10-11-25-48(43)55(50)28-12-5-13-29-55)39-21-14-20-38(30-39)40-22-15-23-42(31-40)52-35-51(36-16-6-3-7-17-36)56-53(57-52)37-18-8-4-9-19-37/h3-4,6-11,14-27,30-35H,5,12-13,28-29H2,1-2H3. The summed E-state index contributed by atoms with van der Waals surface area (Å²) in [6, 6.07) is 62.3. The highest BCUT2D eigenvalue weighted by molar-refractivity contribution is 5.91. The van der Waals surface area contributed by atoms with Gasteiger partial charge < -0.3 is 0 Å². The molecule has 1 aromatic heterocycles. The lowest BCUT2D eigenvalue weighted by molar-refractivity contribution is 0.353. The van der Waals surface area contributed by atoms with Crippen LogP contribution in [-0.2, 0) is 10.8 Å². The predicted octanol–water partition coefficient (Wildman–Crippen LogP) is 14.3. The third-order valence-corrected chi connectivity index (χ3v) is 13.3. The van der Waals surface area contributed by atoms with Gasteiger partial charge in [0, 0.05) is 27.5 Å². The van der Waals surface area contributed by atoms with Crippen LogP contribution in [0.1, 0.15) is 68.2 Å². The minimum Gasteiger partial charge on any atom is -0.228 e. The maximum Gasteiger partial charge on any atom is 0.160 e. The molecule has 0 saturated heterocycles. The fraction of sp³-hybridized carbons (Fsp3) is 0.164. The molecule has 0 radical (unpaired) electrons. The minimum absolute atomic E-state index is 0.0699. The quantitative estimate of drug-likeness (QED) is 0.176. The summed E-state index contributed by atoms with van der Waals surface area (Å²) in [4.78, 5) is 10.1. The Morgan fingerprint density at radius 1 is 0.351 bits per heavy atom. The van der Waals surface area contributed by atoms with Gasteiger partial charge in [0.05, 0.1) is 11.4 Å². The van der Waals surface area contributed by atoms with Crippen molar-refractivity contribution in [1.82, 2.24) is 9.97 Å². The van der Waals surface area contributed by atoms with Gasteiger partial charge in [0.25, 0.3) is 0 Å². The fourth-order valence-electron chi connectivity index (χ4n) is 10.4. The van der Waals surface area contributed by atoms with Crippen LogP contribution >= 0.6 is 0 Å². The zero-order chi connectivity index (χ0) is 38.1. The van der Waals surface area contributed by atoms with Crippen molar-refractivity contribution >= 4 is 0 Å². The summed E-state index contributed by atoms with van der Waals surface area (Å²) in [7, 11) is 0. The lowest BCUT2D eigenvalue weighted by atomic mass is 9.67. The third kappa shape index (κ3) is 5.46. The smallest absolute Gasteiger partial charge is 0.160 e. The lowest BCUT2D eigenvalue weighted by Crippen LogP contribution is -2.28. The van der Waals surface area contributed by atoms with Crippen LogP contribution in [0.2, 0.25) is 0 Å². The number of benzene rings is 7. The van der Waals surface area contributed by atoms with Gasteiger partial charge in [0.1, 0.15) is 0 Å². The van der Waals surface area contributed by atoms with Crippen molar-refractivity contribution in [2.75, 3.05) is 0 Å². The van der Waals surface area contributed by atoms with Crippen LogP contribution in [0.25, 0.3) is 78.4 Å². The molecule has 0 N–H and O–H groups in total. The Bertz CT molecular complexity index is 2780. The first-order valence-electron chi connectivity index (χ1n) is 20.6. The van der Waals surface area contributed by atoms with Gasteiger partial charge in [-0.05, 0) is 116 Å². The average Bonchev–Trinajstić information content (AvgIpc) is 3.66. The molecule has 0 aliphatic heterocycles. The van der Waals surface area contributed by atoms with E-state index in [0.29, 0.717) is 0 Å². The van der Waals surface area contributed by atoms with E-state index in [4.69, 9.17) is 9.97 Å². The maximum absolute atomic E-state index is 5.11. The van der Waals surface area contributed by atoms with Crippen molar-refractivity contribution in [2.24, 2.45) is 0 Å². The highest BCUT2D eigenvalue weighted by Crippen LogP contribution is 2.60. The zero-order valence-corrected chi connectivity index (χ0v) is 32.6.